The van der Waals surface area contributed by atoms with E-state index in [-0.39, 0.29) is 17.4 Å². The molecule has 6 nitrogen and oxygen atoms in total. The monoisotopic (exact) mass is 403 g/mol. The topological polar surface area (TPSA) is 81.8 Å². The van der Waals surface area contributed by atoms with Gasteiger partial charge in [0.25, 0.3) is 0 Å². The quantitative estimate of drug-likeness (QED) is 0.814. The van der Waals surface area contributed by atoms with Crippen LogP contribution in [0.1, 0.15) is 24.5 Å². The van der Waals surface area contributed by atoms with E-state index in [4.69, 9.17) is 9.73 Å². The lowest BCUT2D eigenvalue weighted by Gasteiger charge is -2.31. The molecule has 1 unspecified atom stereocenters. The number of nitriles is 1. The summed E-state index contributed by atoms with van der Waals surface area (Å²) in [5, 5.41) is 15.6. The molecule has 2 aliphatic rings. The Morgan fingerprint density at radius 2 is 2.00 bits per heavy atom. The molecule has 1 heterocycles. The first-order valence-electron chi connectivity index (χ1n) is 9.64. The summed E-state index contributed by atoms with van der Waals surface area (Å²) in [6, 6.07) is 13.9. The summed E-state index contributed by atoms with van der Waals surface area (Å²) in [6.45, 7) is 2.11. The van der Waals surface area contributed by atoms with Crippen LogP contribution in [-0.2, 0) is 5.41 Å². The number of rotatable bonds is 4. The molecule has 2 aromatic rings. The lowest BCUT2D eigenvalue weighted by Crippen LogP contribution is -2.40. The van der Waals surface area contributed by atoms with Crippen LogP contribution in [0.15, 0.2) is 64.1 Å². The third-order valence-corrected chi connectivity index (χ3v) is 5.62. The highest BCUT2D eigenvalue weighted by Crippen LogP contribution is 2.41. The Morgan fingerprint density at radius 1 is 1.23 bits per heavy atom. The zero-order valence-corrected chi connectivity index (χ0v) is 17.0. The van der Waals surface area contributed by atoms with Crippen LogP contribution in [0.4, 0.5) is 10.1 Å². The van der Waals surface area contributed by atoms with E-state index in [2.05, 4.69) is 34.7 Å². The highest BCUT2D eigenvalue weighted by molar-refractivity contribution is 6.18. The molecule has 0 aromatic heterocycles. The summed E-state index contributed by atoms with van der Waals surface area (Å²) in [5.74, 6) is 0.684. The van der Waals surface area contributed by atoms with Crippen LogP contribution in [0, 0.1) is 17.1 Å². The minimum atomic E-state index is -0.372. The van der Waals surface area contributed by atoms with E-state index >= 15 is 0 Å². The average Bonchev–Trinajstić information content (AvgIpc) is 3.11. The zero-order chi connectivity index (χ0) is 21.3. The van der Waals surface area contributed by atoms with Crippen molar-refractivity contribution in [3.05, 3.63) is 71.1 Å². The summed E-state index contributed by atoms with van der Waals surface area (Å²) >= 11 is 0. The van der Waals surface area contributed by atoms with Crippen LogP contribution >= 0.6 is 0 Å². The number of benzene rings is 2. The SMILES string of the molecule is CN[C@H]1N=C(Nc2ccc(C#N)c(OC)c2)N=C2C1=CCC2(C)c1ccc(F)cc1. The molecule has 2 aromatic carbocycles. The van der Waals surface area contributed by atoms with Crippen molar-refractivity contribution in [3.63, 3.8) is 0 Å². The highest BCUT2D eigenvalue weighted by atomic mass is 19.1. The Morgan fingerprint density at radius 3 is 2.67 bits per heavy atom. The number of allylic oxidation sites excluding steroid dienone is 1. The summed E-state index contributed by atoms with van der Waals surface area (Å²) in [6.07, 6.45) is 2.68. The number of fused-ring (bicyclic) bond motifs is 1. The lowest BCUT2D eigenvalue weighted by molar-refractivity contribution is 0.413. The molecule has 0 amide bonds. The maximum Gasteiger partial charge on any atom is 0.224 e. The molecule has 152 valence electrons. The maximum atomic E-state index is 13.5. The lowest BCUT2D eigenvalue weighted by atomic mass is 9.77. The number of ether oxygens (including phenoxy) is 1. The molecular formula is C23H22FN5O. The van der Waals surface area contributed by atoms with Crippen molar-refractivity contribution in [1.29, 1.82) is 5.26 Å². The molecule has 4 rings (SSSR count). The van der Waals surface area contributed by atoms with Crippen molar-refractivity contribution < 1.29 is 9.13 Å². The number of guanidine groups is 1. The zero-order valence-electron chi connectivity index (χ0n) is 17.0. The maximum absolute atomic E-state index is 13.5. The predicted octanol–water partition coefficient (Wildman–Crippen LogP) is 3.76. The van der Waals surface area contributed by atoms with Crippen LogP contribution in [-0.4, -0.2) is 32.0 Å². The molecule has 30 heavy (non-hydrogen) atoms. The van der Waals surface area contributed by atoms with Gasteiger partial charge in [-0.2, -0.15) is 5.26 Å². The van der Waals surface area contributed by atoms with E-state index in [1.165, 1.54) is 19.2 Å². The molecule has 7 heteroatoms. The number of likely N-dealkylation sites (N-methyl/N-ethyl adjacent to an activating group) is 1. The van der Waals surface area contributed by atoms with Gasteiger partial charge in [0.2, 0.25) is 5.96 Å². The molecule has 0 saturated carbocycles. The van der Waals surface area contributed by atoms with Crippen molar-refractivity contribution in [2.45, 2.75) is 24.9 Å². The van der Waals surface area contributed by atoms with Gasteiger partial charge in [-0.3, -0.25) is 5.32 Å². The van der Waals surface area contributed by atoms with Gasteiger partial charge < -0.3 is 10.1 Å². The molecule has 0 spiro atoms. The summed E-state index contributed by atoms with van der Waals surface area (Å²) in [4.78, 5) is 9.52. The third kappa shape index (κ3) is 3.36. The van der Waals surface area contributed by atoms with E-state index < -0.39 is 0 Å². The van der Waals surface area contributed by atoms with E-state index in [1.807, 2.05) is 19.2 Å². The molecule has 1 aliphatic heterocycles. The van der Waals surface area contributed by atoms with Gasteiger partial charge in [-0.05, 0) is 50.2 Å². The second-order valence-electron chi connectivity index (χ2n) is 7.46. The molecule has 2 atom stereocenters. The van der Waals surface area contributed by atoms with Gasteiger partial charge in [-0.15, -0.1) is 0 Å². The number of methoxy groups -OCH3 is 1. The van der Waals surface area contributed by atoms with Crippen LogP contribution < -0.4 is 15.4 Å². The van der Waals surface area contributed by atoms with Gasteiger partial charge >= 0.3 is 0 Å². The fourth-order valence-electron chi connectivity index (χ4n) is 3.92. The number of nitrogens with one attached hydrogen (secondary N) is 2. The van der Waals surface area contributed by atoms with Gasteiger partial charge in [0.1, 0.15) is 23.8 Å². The normalized spacial score (nSPS) is 22.4. The van der Waals surface area contributed by atoms with Crippen LogP contribution in [0.25, 0.3) is 0 Å². The molecule has 0 saturated heterocycles. The first kappa shape index (κ1) is 19.8. The Hall–Kier alpha value is -3.50. The largest absolute Gasteiger partial charge is 0.495 e. The number of hydrogen-bond donors (Lipinski definition) is 2. The summed E-state index contributed by atoms with van der Waals surface area (Å²) in [7, 11) is 3.38. The Balaban J connectivity index is 1.70. The number of hydrogen-bond acceptors (Lipinski definition) is 6. The molecule has 0 bridgehead atoms. The number of halogens is 1. The van der Waals surface area contributed by atoms with Gasteiger partial charge in [-0.1, -0.05) is 18.2 Å². The molecule has 1 aliphatic carbocycles. The number of aliphatic imine (C=N–C) groups is 2. The molecule has 2 N–H and O–H groups in total. The van der Waals surface area contributed by atoms with Gasteiger partial charge in [0.05, 0.1) is 18.4 Å². The smallest absolute Gasteiger partial charge is 0.224 e. The molecular weight excluding hydrogens is 381 g/mol. The van der Waals surface area contributed by atoms with E-state index in [0.29, 0.717) is 17.3 Å². The third-order valence-electron chi connectivity index (χ3n) is 5.62. The van der Waals surface area contributed by atoms with Crippen molar-refractivity contribution >= 4 is 17.4 Å². The fraction of sp³-hybridized carbons (Fsp3) is 0.261. The van der Waals surface area contributed by atoms with Crippen molar-refractivity contribution in [3.8, 4) is 11.8 Å². The summed E-state index contributed by atoms with van der Waals surface area (Å²) in [5.41, 5.74) is 3.75. The van der Waals surface area contributed by atoms with Crippen molar-refractivity contribution in [2.24, 2.45) is 9.98 Å². The molecule has 0 fully saturated rings. The first-order chi connectivity index (χ1) is 14.5. The number of nitrogens with zero attached hydrogens (tertiary/aromatic N) is 3. The van der Waals surface area contributed by atoms with Gasteiger partial charge in [-0.25, -0.2) is 14.4 Å². The van der Waals surface area contributed by atoms with Crippen LogP contribution in [0.2, 0.25) is 0 Å². The standard InChI is InChI=1S/C23H22FN5O/c1-23(15-5-7-16(24)8-6-15)11-10-18-20(23)28-22(29-21(18)26-2)27-17-9-4-14(13-25)19(12-17)30-3/h4-10,12,21,26H,11H2,1-3H3,(H,27,29)/t21-,23?/m0/s1. The Bertz CT molecular complexity index is 1110. The van der Waals surface area contributed by atoms with Gasteiger partial charge in [0, 0.05) is 22.7 Å². The van der Waals surface area contributed by atoms with E-state index in [0.717, 1.165) is 29.0 Å². The highest BCUT2D eigenvalue weighted by Gasteiger charge is 2.42. The van der Waals surface area contributed by atoms with Crippen LogP contribution in [0.3, 0.4) is 0 Å². The van der Waals surface area contributed by atoms with Crippen molar-refractivity contribution in [2.75, 3.05) is 19.5 Å². The van der Waals surface area contributed by atoms with E-state index in [9.17, 15) is 9.65 Å². The average molecular weight is 403 g/mol. The predicted molar refractivity (Wildman–Crippen MR) is 116 cm³/mol. The van der Waals surface area contributed by atoms with Gasteiger partial charge in [0.15, 0.2) is 0 Å². The second-order valence-corrected chi connectivity index (χ2v) is 7.46. The summed E-state index contributed by atoms with van der Waals surface area (Å²) < 4.78 is 18.7. The van der Waals surface area contributed by atoms with Crippen molar-refractivity contribution in [1.82, 2.24) is 5.32 Å². The number of anilines is 1. The Labute approximate surface area is 174 Å². The second kappa shape index (κ2) is 7.73. The van der Waals surface area contributed by atoms with Crippen LogP contribution in [0.5, 0.6) is 5.75 Å². The first-order valence-corrected chi connectivity index (χ1v) is 9.64. The fourth-order valence-corrected chi connectivity index (χ4v) is 3.92. The molecule has 0 radical (unpaired) electrons. The Kier molecular flexibility index (Phi) is 5.10. The van der Waals surface area contributed by atoms with E-state index in [1.54, 1.807) is 18.2 Å². The minimum Gasteiger partial charge on any atom is -0.495 e. The minimum absolute atomic E-state index is 0.234.